The second-order valence-electron chi connectivity index (χ2n) is 7.28. The summed E-state index contributed by atoms with van der Waals surface area (Å²) in [5.74, 6) is 1.24. The Balaban J connectivity index is 0.00000240. The second-order valence-corrected chi connectivity index (χ2v) is 9.18. The van der Waals surface area contributed by atoms with Crippen molar-refractivity contribution < 1.29 is 14.6 Å². The molecule has 0 spiro atoms. The van der Waals surface area contributed by atoms with Crippen LogP contribution in [0.5, 0.6) is 5.75 Å². The number of carboxylic acids is 1. The Bertz CT molecular complexity index is 899. The van der Waals surface area contributed by atoms with Crippen LogP contribution in [0.1, 0.15) is 34.4 Å². The molecule has 0 atom stereocenters. The van der Waals surface area contributed by atoms with Crippen molar-refractivity contribution in [3.8, 4) is 5.75 Å². The minimum Gasteiger partial charge on any atom is -0.488 e. The zero-order valence-corrected chi connectivity index (χ0v) is 18.9. The number of benzene rings is 1. The third-order valence-corrected chi connectivity index (χ3v) is 7.02. The number of hydrogen-bond donors (Lipinski definition) is 1. The summed E-state index contributed by atoms with van der Waals surface area (Å²) < 4.78 is 6.10. The van der Waals surface area contributed by atoms with Crippen molar-refractivity contribution in [1.82, 2.24) is 4.90 Å². The highest BCUT2D eigenvalue weighted by Crippen LogP contribution is 2.43. The minimum atomic E-state index is -0.803. The van der Waals surface area contributed by atoms with Crippen molar-refractivity contribution in [2.24, 2.45) is 0 Å². The lowest BCUT2D eigenvalue weighted by Gasteiger charge is -2.29. The maximum Gasteiger partial charge on any atom is 0.307 e. The number of rotatable bonds is 5. The summed E-state index contributed by atoms with van der Waals surface area (Å²) >= 11 is 3.67. The number of carbonyl (C=O) groups is 1. The topological polar surface area (TPSA) is 49.8 Å². The molecular weight excluding hydrogens is 426 g/mol. The Labute approximate surface area is 186 Å². The second kappa shape index (κ2) is 10.0. The number of thioether (sulfide) groups is 1. The third-order valence-electron chi connectivity index (χ3n) is 5.45. The molecule has 4 nitrogen and oxygen atoms in total. The van der Waals surface area contributed by atoms with E-state index in [1.807, 2.05) is 30.0 Å². The van der Waals surface area contributed by atoms with Crippen LogP contribution in [-0.2, 0) is 17.8 Å². The van der Waals surface area contributed by atoms with Gasteiger partial charge in [-0.15, -0.1) is 23.7 Å². The summed E-state index contributed by atoms with van der Waals surface area (Å²) in [6, 6.07) is 8.00. The van der Waals surface area contributed by atoms with Crippen molar-refractivity contribution in [2.75, 3.05) is 31.6 Å². The van der Waals surface area contributed by atoms with E-state index in [0.717, 1.165) is 49.4 Å². The Morgan fingerprint density at radius 2 is 2.07 bits per heavy atom. The molecule has 0 unspecified atom stereocenters. The van der Waals surface area contributed by atoms with Gasteiger partial charge in [-0.2, -0.15) is 11.8 Å². The number of hydrogen-bond acceptors (Lipinski definition) is 5. The van der Waals surface area contributed by atoms with Crippen LogP contribution in [0.2, 0.25) is 0 Å². The summed E-state index contributed by atoms with van der Waals surface area (Å²) in [7, 11) is 0. The van der Waals surface area contributed by atoms with Gasteiger partial charge in [-0.05, 0) is 48.2 Å². The number of ether oxygens (including phenoxy) is 1. The van der Waals surface area contributed by atoms with Gasteiger partial charge in [0.25, 0.3) is 0 Å². The van der Waals surface area contributed by atoms with E-state index in [0.29, 0.717) is 6.61 Å². The quantitative estimate of drug-likeness (QED) is 0.696. The molecule has 1 N–H and O–H groups in total. The third kappa shape index (κ3) is 5.00. The van der Waals surface area contributed by atoms with Crippen LogP contribution < -0.4 is 4.74 Å². The van der Waals surface area contributed by atoms with Crippen LogP contribution in [0.25, 0.3) is 5.57 Å². The van der Waals surface area contributed by atoms with Gasteiger partial charge in [-0.3, -0.25) is 4.79 Å². The predicted molar refractivity (Wildman–Crippen MR) is 124 cm³/mol. The molecule has 29 heavy (non-hydrogen) atoms. The first kappa shape index (κ1) is 22.2. The van der Waals surface area contributed by atoms with E-state index in [1.165, 1.54) is 27.3 Å². The Morgan fingerprint density at radius 1 is 1.28 bits per heavy atom. The summed E-state index contributed by atoms with van der Waals surface area (Å²) in [5, 5.41) is 11.4. The van der Waals surface area contributed by atoms with Crippen LogP contribution in [-0.4, -0.2) is 47.6 Å². The van der Waals surface area contributed by atoms with E-state index in [9.17, 15) is 9.90 Å². The molecule has 0 radical (unpaired) electrons. The van der Waals surface area contributed by atoms with E-state index in [-0.39, 0.29) is 18.8 Å². The number of nitrogens with zero attached hydrogens (tertiary/aromatic N) is 1. The zero-order valence-electron chi connectivity index (χ0n) is 16.5. The maximum absolute atomic E-state index is 11.2. The Kier molecular flexibility index (Phi) is 7.68. The first-order valence-electron chi connectivity index (χ1n) is 9.63. The molecule has 7 heteroatoms. The van der Waals surface area contributed by atoms with E-state index >= 15 is 0 Å². The molecular formula is C22H26ClNO3S2. The maximum atomic E-state index is 11.2. The molecule has 4 rings (SSSR count). The van der Waals surface area contributed by atoms with E-state index < -0.39 is 5.97 Å². The van der Waals surface area contributed by atoms with E-state index in [2.05, 4.69) is 22.6 Å². The Morgan fingerprint density at radius 3 is 2.79 bits per heavy atom. The van der Waals surface area contributed by atoms with E-state index in [4.69, 9.17) is 4.74 Å². The average Bonchev–Trinajstić information content (AvgIpc) is 3.09. The number of thiophene rings is 1. The van der Waals surface area contributed by atoms with Gasteiger partial charge in [-0.1, -0.05) is 11.6 Å². The van der Waals surface area contributed by atoms with Gasteiger partial charge in [0, 0.05) is 47.0 Å². The molecule has 0 bridgehead atoms. The van der Waals surface area contributed by atoms with Gasteiger partial charge >= 0.3 is 5.97 Å². The smallest absolute Gasteiger partial charge is 0.307 e. The highest BCUT2D eigenvalue weighted by atomic mass is 35.5. The van der Waals surface area contributed by atoms with Crippen LogP contribution in [0.3, 0.4) is 0 Å². The van der Waals surface area contributed by atoms with Gasteiger partial charge in [0.1, 0.15) is 12.4 Å². The van der Waals surface area contributed by atoms with Crippen LogP contribution >= 0.6 is 35.5 Å². The molecule has 2 aliphatic rings. The lowest BCUT2D eigenvalue weighted by Crippen LogP contribution is -2.32. The number of aliphatic carboxylic acids is 1. The first-order chi connectivity index (χ1) is 13.7. The van der Waals surface area contributed by atoms with Crippen molar-refractivity contribution in [2.45, 2.75) is 25.9 Å². The molecule has 2 aliphatic heterocycles. The summed E-state index contributed by atoms with van der Waals surface area (Å²) in [6.07, 6.45) is 4.32. The first-order valence-corrected chi connectivity index (χ1v) is 11.9. The fraction of sp³-hybridized carbons (Fsp3) is 0.409. The summed E-state index contributed by atoms with van der Waals surface area (Å²) in [6.45, 7) is 3.90. The molecule has 1 aromatic heterocycles. The summed E-state index contributed by atoms with van der Waals surface area (Å²) in [5.41, 5.74) is 5.88. The lowest BCUT2D eigenvalue weighted by atomic mass is 9.90. The monoisotopic (exact) mass is 451 g/mol. The number of halogens is 1. The van der Waals surface area contributed by atoms with Gasteiger partial charge in [-0.25, -0.2) is 0 Å². The van der Waals surface area contributed by atoms with Crippen molar-refractivity contribution in [3.05, 3.63) is 56.8 Å². The fourth-order valence-electron chi connectivity index (χ4n) is 4.00. The molecule has 1 aromatic carbocycles. The molecule has 2 aromatic rings. The molecule has 0 amide bonds. The standard InChI is InChI=1S/C22H25NO3S2.ClH/c1-27-11-9-23-7-4-16(5-8-23)21-18-12-15(13-20(24)25)2-3-19(18)26-14-17-6-10-28-22(17)21;/h2-3,6,10,12H,4-5,7-9,11,13-14H2,1H3,(H,24,25);1H. The van der Waals surface area contributed by atoms with Gasteiger partial charge < -0.3 is 14.7 Å². The number of carboxylic acid groups (broad SMARTS) is 1. The van der Waals surface area contributed by atoms with Crippen molar-refractivity contribution >= 4 is 47.0 Å². The van der Waals surface area contributed by atoms with E-state index in [1.54, 1.807) is 11.3 Å². The molecule has 3 heterocycles. The largest absolute Gasteiger partial charge is 0.488 e. The SMILES string of the molecule is CSCCN1CCC(=C2c3cc(CC(=O)O)ccc3OCc3ccsc32)CC1.Cl. The van der Waals surface area contributed by atoms with Gasteiger partial charge in [0.2, 0.25) is 0 Å². The molecule has 0 aliphatic carbocycles. The summed E-state index contributed by atoms with van der Waals surface area (Å²) in [4.78, 5) is 15.1. The highest BCUT2D eigenvalue weighted by molar-refractivity contribution is 7.98. The Hall–Kier alpha value is -1.47. The van der Waals surface area contributed by atoms with Crippen LogP contribution in [0.4, 0.5) is 0 Å². The number of piperidine rings is 1. The van der Waals surface area contributed by atoms with Crippen LogP contribution in [0, 0.1) is 0 Å². The molecule has 156 valence electrons. The minimum absolute atomic E-state index is 0. The van der Waals surface area contributed by atoms with Crippen molar-refractivity contribution in [1.29, 1.82) is 0 Å². The normalized spacial score (nSPS) is 16.3. The highest BCUT2D eigenvalue weighted by Gasteiger charge is 2.26. The number of fused-ring (bicyclic) bond motifs is 2. The van der Waals surface area contributed by atoms with Crippen molar-refractivity contribution in [3.63, 3.8) is 0 Å². The fourth-order valence-corrected chi connectivity index (χ4v) is 5.46. The van der Waals surface area contributed by atoms with Gasteiger partial charge in [0.15, 0.2) is 0 Å². The van der Waals surface area contributed by atoms with Crippen LogP contribution in [0.15, 0.2) is 35.2 Å². The lowest BCUT2D eigenvalue weighted by molar-refractivity contribution is -0.136. The average molecular weight is 452 g/mol. The predicted octanol–water partition coefficient (Wildman–Crippen LogP) is 4.95. The molecule has 1 fully saturated rings. The number of likely N-dealkylation sites (tertiary alicyclic amines) is 1. The molecule has 1 saturated heterocycles. The molecule has 0 saturated carbocycles. The zero-order chi connectivity index (χ0) is 19.5. The van der Waals surface area contributed by atoms with Gasteiger partial charge in [0.05, 0.1) is 6.42 Å².